The molecule has 1 aliphatic rings. The van der Waals surface area contributed by atoms with Crippen LogP contribution in [-0.2, 0) is 4.74 Å². The van der Waals surface area contributed by atoms with Crippen LogP contribution in [0.3, 0.4) is 0 Å². The lowest BCUT2D eigenvalue weighted by Gasteiger charge is -2.14. The average molecular weight is 199 g/mol. The quantitative estimate of drug-likeness (QED) is 0.754. The number of nitrogens with one attached hydrogen (secondary N) is 1. The topological polar surface area (TPSA) is 60.2 Å². The Morgan fingerprint density at radius 1 is 1.77 bits per heavy atom. The number of aromatic nitrogens is 1. The predicted molar refractivity (Wildman–Crippen MR) is 54.0 cm³/mol. The number of nitrogen functional groups attached to an aromatic ring is 1. The highest BCUT2D eigenvalue weighted by Gasteiger charge is 2.24. The Morgan fingerprint density at radius 2 is 2.62 bits per heavy atom. The van der Waals surface area contributed by atoms with Crippen LogP contribution in [0.4, 0.5) is 10.8 Å². The zero-order valence-corrected chi connectivity index (χ0v) is 8.30. The van der Waals surface area contributed by atoms with Crippen LogP contribution in [0, 0.1) is 0 Å². The SMILES string of the molecule is CC1OCCC1Nc1cc(N)ns1. The maximum absolute atomic E-state index is 5.52. The largest absolute Gasteiger partial charge is 0.383 e. The van der Waals surface area contributed by atoms with E-state index in [1.807, 2.05) is 6.07 Å². The molecule has 5 heteroatoms. The molecule has 1 aliphatic heterocycles. The molecule has 0 spiro atoms. The molecule has 0 amide bonds. The molecule has 3 N–H and O–H groups in total. The van der Waals surface area contributed by atoms with Gasteiger partial charge < -0.3 is 15.8 Å². The molecule has 2 unspecified atom stereocenters. The van der Waals surface area contributed by atoms with Gasteiger partial charge in [0.1, 0.15) is 10.8 Å². The van der Waals surface area contributed by atoms with Crippen molar-refractivity contribution in [2.75, 3.05) is 17.7 Å². The second-order valence-electron chi connectivity index (χ2n) is 3.23. The normalized spacial score (nSPS) is 27.8. The molecular formula is C8H13N3OS. The molecule has 0 aliphatic carbocycles. The summed E-state index contributed by atoms with van der Waals surface area (Å²) in [4.78, 5) is 0. The van der Waals surface area contributed by atoms with Crippen molar-refractivity contribution >= 4 is 22.4 Å². The van der Waals surface area contributed by atoms with Crippen molar-refractivity contribution in [1.82, 2.24) is 4.37 Å². The average Bonchev–Trinajstić information content (AvgIpc) is 2.64. The molecule has 0 bridgehead atoms. The molecule has 4 nitrogen and oxygen atoms in total. The fourth-order valence-corrected chi connectivity index (χ4v) is 2.09. The Balaban J connectivity index is 1.97. The fraction of sp³-hybridized carbons (Fsp3) is 0.625. The van der Waals surface area contributed by atoms with E-state index in [2.05, 4.69) is 16.6 Å². The van der Waals surface area contributed by atoms with Crippen LogP contribution in [-0.4, -0.2) is 23.1 Å². The molecule has 1 aromatic rings. The minimum Gasteiger partial charge on any atom is -0.383 e. The first kappa shape index (κ1) is 8.77. The second kappa shape index (κ2) is 3.51. The van der Waals surface area contributed by atoms with E-state index in [1.54, 1.807) is 0 Å². The van der Waals surface area contributed by atoms with Gasteiger partial charge in [-0.1, -0.05) is 0 Å². The zero-order valence-electron chi connectivity index (χ0n) is 7.49. The summed E-state index contributed by atoms with van der Waals surface area (Å²) in [5.41, 5.74) is 5.52. The molecule has 0 radical (unpaired) electrons. The third-order valence-corrected chi connectivity index (χ3v) is 2.97. The van der Waals surface area contributed by atoms with Gasteiger partial charge in [0.15, 0.2) is 0 Å². The number of nitrogens with zero attached hydrogens (tertiary/aromatic N) is 1. The summed E-state index contributed by atoms with van der Waals surface area (Å²) in [6.45, 7) is 2.92. The Hall–Kier alpha value is -0.810. The maximum atomic E-state index is 5.52. The summed E-state index contributed by atoms with van der Waals surface area (Å²) in [6, 6.07) is 2.26. The second-order valence-corrected chi connectivity index (χ2v) is 4.04. The lowest BCUT2D eigenvalue weighted by Crippen LogP contribution is -2.26. The lowest BCUT2D eigenvalue weighted by atomic mass is 10.2. The Morgan fingerprint density at radius 3 is 3.15 bits per heavy atom. The van der Waals surface area contributed by atoms with Crippen molar-refractivity contribution in [2.24, 2.45) is 0 Å². The first-order chi connectivity index (χ1) is 6.25. The van der Waals surface area contributed by atoms with E-state index in [4.69, 9.17) is 10.5 Å². The first-order valence-corrected chi connectivity index (χ1v) is 5.13. The van der Waals surface area contributed by atoms with Gasteiger partial charge in [-0.05, 0) is 24.9 Å². The van der Waals surface area contributed by atoms with Crippen molar-refractivity contribution in [3.8, 4) is 0 Å². The predicted octanol–water partition coefficient (Wildman–Crippen LogP) is 1.31. The van der Waals surface area contributed by atoms with Crippen molar-refractivity contribution in [2.45, 2.75) is 25.5 Å². The number of hydrogen-bond acceptors (Lipinski definition) is 5. The molecule has 1 fully saturated rings. The Labute approximate surface area is 81.3 Å². The third kappa shape index (κ3) is 1.92. The highest BCUT2D eigenvalue weighted by Crippen LogP contribution is 2.23. The molecule has 1 aromatic heterocycles. The minimum absolute atomic E-state index is 0.281. The lowest BCUT2D eigenvalue weighted by molar-refractivity contribution is 0.121. The number of ether oxygens (including phenoxy) is 1. The smallest absolute Gasteiger partial charge is 0.139 e. The van der Waals surface area contributed by atoms with Crippen LogP contribution in [0.25, 0.3) is 0 Å². The fourth-order valence-electron chi connectivity index (χ4n) is 1.46. The molecule has 1 saturated heterocycles. The third-order valence-electron chi connectivity index (χ3n) is 2.23. The van der Waals surface area contributed by atoms with Gasteiger partial charge in [-0.15, -0.1) is 0 Å². The van der Waals surface area contributed by atoms with Crippen LogP contribution >= 0.6 is 11.5 Å². The zero-order chi connectivity index (χ0) is 9.26. The van der Waals surface area contributed by atoms with Crippen molar-refractivity contribution in [3.63, 3.8) is 0 Å². The van der Waals surface area contributed by atoms with Gasteiger partial charge in [-0.25, -0.2) is 0 Å². The number of anilines is 2. The van der Waals surface area contributed by atoms with Gasteiger partial charge in [0.25, 0.3) is 0 Å². The summed E-state index contributed by atoms with van der Waals surface area (Å²) >= 11 is 1.40. The van der Waals surface area contributed by atoms with Gasteiger partial charge in [0.2, 0.25) is 0 Å². The van der Waals surface area contributed by atoms with E-state index in [0.717, 1.165) is 18.0 Å². The van der Waals surface area contributed by atoms with E-state index in [-0.39, 0.29) is 6.10 Å². The van der Waals surface area contributed by atoms with E-state index >= 15 is 0 Å². The van der Waals surface area contributed by atoms with Gasteiger partial charge >= 0.3 is 0 Å². The number of nitrogens with two attached hydrogens (primary N) is 1. The Kier molecular flexibility index (Phi) is 2.37. The number of rotatable bonds is 2. The van der Waals surface area contributed by atoms with Crippen molar-refractivity contribution < 1.29 is 4.74 Å². The molecule has 2 heterocycles. The van der Waals surface area contributed by atoms with Crippen LogP contribution in [0.1, 0.15) is 13.3 Å². The highest BCUT2D eigenvalue weighted by molar-refractivity contribution is 7.10. The molecule has 0 aromatic carbocycles. The summed E-state index contributed by atoms with van der Waals surface area (Å²) < 4.78 is 9.43. The van der Waals surface area contributed by atoms with Crippen LogP contribution in [0.2, 0.25) is 0 Å². The van der Waals surface area contributed by atoms with E-state index in [9.17, 15) is 0 Å². The Bertz CT molecular complexity index is 289. The van der Waals surface area contributed by atoms with Crippen LogP contribution in [0.15, 0.2) is 6.07 Å². The summed E-state index contributed by atoms with van der Waals surface area (Å²) in [7, 11) is 0. The van der Waals surface area contributed by atoms with Gasteiger partial charge in [0.05, 0.1) is 12.1 Å². The highest BCUT2D eigenvalue weighted by atomic mass is 32.1. The molecule has 13 heavy (non-hydrogen) atoms. The summed E-state index contributed by atoms with van der Waals surface area (Å²) in [5.74, 6) is 0.582. The summed E-state index contributed by atoms with van der Waals surface area (Å²) in [5, 5.41) is 4.39. The molecule has 2 atom stereocenters. The van der Waals surface area contributed by atoms with E-state index < -0.39 is 0 Å². The minimum atomic E-state index is 0.281. The van der Waals surface area contributed by atoms with E-state index in [1.165, 1.54) is 11.5 Å². The van der Waals surface area contributed by atoms with Crippen molar-refractivity contribution in [1.29, 1.82) is 0 Å². The van der Waals surface area contributed by atoms with Gasteiger partial charge in [0, 0.05) is 12.7 Å². The molecular weight excluding hydrogens is 186 g/mol. The van der Waals surface area contributed by atoms with Crippen LogP contribution in [0.5, 0.6) is 0 Å². The monoisotopic (exact) mass is 199 g/mol. The van der Waals surface area contributed by atoms with Gasteiger partial charge in [-0.2, -0.15) is 4.37 Å². The number of hydrogen-bond donors (Lipinski definition) is 2. The molecule has 0 saturated carbocycles. The first-order valence-electron chi connectivity index (χ1n) is 4.36. The summed E-state index contributed by atoms with van der Waals surface area (Å²) in [6.07, 6.45) is 1.34. The van der Waals surface area contributed by atoms with Gasteiger partial charge in [-0.3, -0.25) is 0 Å². The molecule has 72 valence electrons. The molecule has 2 rings (SSSR count). The standard InChI is InChI=1S/C8H13N3OS/c1-5-6(2-3-12-5)10-8-4-7(9)11-13-8/h4-6,10H,2-3H2,1H3,(H2,9,11). The van der Waals surface area contributed by atoms with Crippen molar-refractivity contribution in [3.05, 3.63) is 6.07 Å². The maximum Gasteiger partial charge on any atom is 0.139 e. The van der Waals surface area contributed by atoms with E-state index in [0.29, 0.717) is 11.9 Å². The van der Waals surface area contributed by atoms with Crippen LogP contribution < -0.4 is 11.1 Å².